The van der Waals surface area contributed by atoms with Gasteiger partial charge in [-0.15, -0.1) is 0 Å². The lowest BCUT2D eigenvalue weighted by atomic mass is 10.0. The van der Waals surface area contributed by atoms with Gasteiger partial charge < -0.3 is 15.5 Å². The number of aromatic nitrogens is 1. The third kappa shape index (κ3) is 2.82. The average molecular weight is 248 g/mol. The number of piperidine rings is 1. The second-order valence-corrected chi connectivity index (χ2v) is 4.97. The van der Waals surface area contributed by atoms with Gasteiger partial charge >= 0.3 is 0 Å². The maximum absolute atomic E-state index is 5.79. The van der Waals surface area contributed by atoms with E-state index in [1.807, 2.05) is 12.3 Å². The van der Waals surface area contributed by atoms with Crippen LogP contribution in [0.4, 0.5) is 5.82 Å². The molecular formula is C14H24N4. The summed E-state index contributed by atoms with van der Waals surface area (Å²) in [6.45, 7) is 6.33. The van der Waals surface area contributed by atoms with Gasteiger partial charge in [0.2, 0.25) is 0 Å². The summed E-state index contributed by atoms with van der Waals surface area (Å²) in [5, 5.41) is 0. The number of likely N-dealkylation sites (tertiary alicyclic amines) is 1. The Morgan fingerprint density at radius 2 is 2.17 bits per heavy atom. The van der Waals surface area contributed by atoms with Crippen LogP contribution in [0.15, 0.2) is 18.3 Å². The number of pyridine rings is 1. The summed E-state index contributed by atoms with van der Waals surface area (Å²) in [5.74, 6) is 1.05. The van der Waals surface area contributed by atoms with Crippen LogP contribution in [0.25, 0.3) is 0 Å². The Kier molecular flexibility index (Phi) is 4.55. The number of hydrogen-bond donors (Lipinski definition) is 1. The molecule has 1 aromatic rings. The second-order valence-electron chi connectivity index (χ2n) is 4.97. The Morgan fingerprint density at radius 1 is 1.44 bits per heavy atom. The topological polar surface area (TPSA) is 45.4 Å². The van der Waals surface area contributed by atoms with E-state index in [4.69, 9.17) is 5.73 Å². The molecule has 0 amide bonds. The van der Waals surface area contributed by atoms with Gasteiger partial charge in [-0.05, 0) is 25.5 Å². The van der Waals surface area contributed by atoms with Crippen LogP contribution in [0.5, 0.6) is 0 Å². The Hall–Kier alpha value is -1.13. The minimum Gasteiger partial charge on any atom is -0.356 e. The van der Waals surface area contributed by atoms with Gasteiger partial charge in [-0.3, -0.25) is 0 Å². The van der Waals surface area contributed by atoms with Crippen molar-refractivity contribution in [1.82, 2.24) is 9.88 Å². The highest BCUT2D eigenvalue weighted by Gasteiger charge is 2.23. The van der Waals surface area contributed by atoms with E-state index < -0.39 is 0 Å². The van der Waals surface area contributed by atoms with Gasteiger partial charge in [0.15, 0.2) is 0 Å². The monoisotopic (exact) mass is 248 g/mol. The zero-order valence-electron chi connectivity index (χ0n) is 11.5. The minimum absolute atomic E-state index is 0.557. The number of anilines is 1. The zero-order chi connectivity index (χ0) is 13.0. The molecule has 0 aliphatic carbocycles. The van der Waals surface area contributed by atoms with Crippen molar-refractivity contribution in [3.05, 3.63) is 23.9 Å². The minimum atomic E-state index is 0.557. The predicted octanol–water partition coefficient (Wildman–Crippen LogP) is 1.46. The van der Waals surface area contributed by atoms with Crippen LogP contribution in [-0.2, 0) is 6.54 Å². The van der Waals surface area contributed by atoms with E-state index >= 15 is 0 Å². The maximum atomic E-state index is 5.79. The standard InChI is InChI=1S/C14H24N4/c1-3-18-9-6-13(7-10-18)17(2)14-12(11-15)5-4-8-16-14/h4-5,8,13H,3,6-7,9-11,15H2,1-2H3. The fraction of sp³-hybridized carbons (Fsp3) is 0.643. The van der Waals surface area contributed by atoms with E-state index in [2.05, 4.69) is 34.8 Å². The van der Waals surface area contributed by atoms with E-state index in [9.17, 15) is 0 Å². The van der Waals surface area contributed by atoms with Gasteiger partial charge in [0.25, 0.3) is 0 Å². The van der Waals surface area contributed by atoms with Gasteiger partial charge in [0.1, 0.15) is 5.82 Å². The van der Waals surface area contributed by atoms with Gasteiger partial charge in [-0.2, -0.15) is 0 Å². The predicted molar refractivity (Wildman–Crippen MR) is 75.7 cm³/mol. The fourth-order valence-electron chi connectivity index (χ4n) is 2.70. The number of nitrogens with zero attached hydrogens (tertiary/aromatic N) is 3. The van der Waals surface area contributed by atoms with E-state index in [1.54, 1.807) is 0 Å². The van der Waals surface area contributed by atoms with Gasteiger partial charge in [-0.25, -0.2) is 4.98 Å². The third-order valence-electron chi connectivity index (χ3n) is 3.97. The summed E-state index contributed by atoms with van der Waals surface area (Å²) in [5.41, 5.74) is 6.92. The van der Waals surface area contributed by atoms with Crippen molar-refractivity contribution in [1.29, 1.82) is 0 Å². The molecule has 0 atom stereocenters. The van der Waals surface area contributed by atoms with Crippen LogP contribution in [0.1, 0.15) is 25.3 Å². The Balaban J connectivity index is 2.05. The highest BCUT2D eigenvalue weighted by atomic mass is 15.2. The van der Waals surface area contributed by atoms with Crippen molar-refractivity contribution in [3.63, 3.8) is 0 Å². The quantitative estimate of drug-likeness (QED) is 0.876. The number of nitrogens with two attached hydrogens (primary N) is 1. The van der Waals surface area contributed by atoms with Crippen LogP contribution < -0.4 is 10.6 Å². The average Bonchev–Trinajstić information content (AvgIpc) is 2.46. The second kappa shape index (κ2) is 6.16. The maximum Gasteiger partial charge on any atom is 0.132 e. The highest BCUT2D eigenvalue weighted by molar-refractivity contribution is 5.46. The fourth-order valence-corrected chi connectivity index (χ4v) is 2.70. The molecule has 2 N–H and O–H groups in total. The van der Waals surface area contributed by atoms with Crippen molar-refractivity contribution < 1.29 is 0 Å². The normalized spacial score (nSPS) is 17.9. The largest absolute Gasteiger partial charge is 0.356 e. The zero-order valence-corrected chi connectivity index (χ0v) is 11.5. The summed E-state index contributed by atoms with van der Waals surface area (Å²) in [6, 6.07) is 4.62. The van der Waals surface area contributed by atoms with Crippen molar-refractivity contribution >= 4 is 5.82 Å². The first-order valence-corrected chi connectivity index (χ1v) is 6.85. The lowest BCUT2D eigenvalue weighted by molar-refractivity contribution is 0.220. The molecule has 0 spiro atoms. The van der Waals surface area contributed by atoms with E-state index in [0.29, 0.717) is 12.6 Å². The van der Waals surface area contributed by atoms with Crippen molar-refractivity contribution in [2.75, 3.05) is 31.6 Å². The third-order valence-corrected chi connectivity index (χ3v) is 3.97. The molecule has 1 aromatic heterocycles. The molecule has 2 heterocycles. The van der Waals surface area contributed by atoms with Crippen LogP contribution in [-0.4, -0.2) is 42.6 Å². The number of hydrogen-bond acceptors (Lipinski definition) is 4. The molecule has 1 aliphatic heterocycles. The first kappa shape index (κ1) is 13.3. The highest BCUT2D eigenvalue weighted by Crippen LogP contribution is 2.23. The SMILES string of the molecule is CCN1CCC(N(C)c2ncccc2CN)CC1. The molecular weight excluding hydrogens is 224 g/mol. The Bertz CT molecular complexity index is 372. The van der Waals surface area contributed by atoms with Crippen molar-refractivity contribution in [2.45, 2.75) is 32.4 Å². The van der Waals surface area contributed by atoms with Crippen molar-refractivity contribution in [2.24, 2.45) is 5.73 Å². The molecule has 2 rings (SSSR count). The summed E-state index contributed by atoms with van der Waals surface area (Å²) in [4.78, 5) is 9.32. The first-order valence-electron chi connectivity index (χ1n) is 6.85. The van der Waals surface area contributed by atoms with Crippen LogP contribution in [0.3, 0.4) is 0 Å². The van der Waals surface area contributed by atoms with E-state index in [1.165, 1.54) is 25.9 Å². The van der Waals surface area contributed by atoms with E-state index in [-0.39, 0.29) is 0 Å². The summed E-state index contributed by atoms with van der Waals surface area (Å²) >= 11 is 0. The molecule has 1 saturated heterocycles. The summed E-state index contributed by atoms with van der Waals surface area (Å²) in [7, 11) is 2.15. The first-order chi connectivity index (χ1) is 8.76. The van der Waals surface area contributed by atoms with Gasteiger partial charge in [0, 0.05) is 44.5 Å². The Morgan fingerprint density at radius 3 is 2.78 bits per heavy atom. The molecule has 0 saturated carbocycles. The summed E-state index contributed by atoms with van der Waals surface area (Å²) in [6.07, 6.45) is 4.28. The van der Waals surface area contributed by atoms with Gasteiger partial charge in [-0.1, -0.05) is 13.0 Å². The molecule has 4 nitrogen and oxygen atoms in total. The molecule has 0 radical (unpaired) electrons. The molecule has 100 valence electrons. The molecule has 4 heteroatoms. The van der Waals surface area contributed by atoms with E-state index in [0.717, 1.165) is 17.9 Å². The molecule has 0 aromatic carbocycles. The molecule has 0 unspecified atom stereocenters. The van der Waals surface area contributed by atoms with Crippen LogP contribution in [0.2, 0.25) is 0 Å². The molecule has 1 fully saturated rings. The van der Waals surface area contributed by atoms with Crippen molar-refractivity contribution in [3.8, 4) is 0 Å². The Labute approximate surface area is 110 Å². The lowest BCUT2D eigenvalue weighted by Gasteiger charge is -2.37. The van der Waals surface area contributed by atoms with Gasteiger partial charge in [0.05, 0.1) is 0 Å². The molecule has 1 aliphatic rings. The van der Waals surface area contributed by atoms with Crippen LogP contribution >= 0.6 is 0 Å². The molecule has 18 heavy (non-hydrogen) atoms. The smallest absolute Gasteiger partial charge is 0.132 e. The molecule has 0 bridgehead atoms. The number of rotatable bonds is 4. The lowest BCUT2D eigenvalue weighted by Crippen LogP contribution is -2.43. The summed E-state index contributed by atoms with van der Waals surface area (Å²) < 4.78 is 0. The van der Waals surface area contributed by atoms with Crippen LogP contribution in [0, 0.1) is 0 Å².